The van der Waals surface area contributed by atoms with Gasteiger partial charge in [0, 0.05) is 18.5 Å². The van der Waals surface area contributed by atoms with E-state index in [1.54, 1.807) is 18.2 Å². The minimum Gasteiger partial charge on any atom is -0.457 e. The Bertz CT molecular complexity index is 1140. The summed E-state index contributed by atoms with van der Waals surface area (Å²) in [6.45, 7) is 4.06. The molecule has 0 radical (unpaired) electrons. The first kappa shape index (κ1) is 21.0. The second-order valence-electron chi connectivity index (χ2n) is 7.91. The van der Waals surface area contributed by atoms with Crippen LogP contribution in [0.25, 0.3) is 0 Å². The molecule has 0 fully saturated rings. The van der Waals surface area contributed by atoms with Crippen molar-refractivity contribution in [2.45, 2.75) is 38.9 Å². The van der Waals surface area contributed by atoms with E-state index in [1.165, 1.54) is 12.1 Å². The monoisotopic (exact) mass is 425 g/mol. The van der Waals surface area contributed by atoms with E-state index in [-0.39, 0.29) is 17.6 Å². The molecule has 1 aliphatic rings. The minimum absolute atomic E-state index is 0.105. The summed E-state index contributed by atoms with van der Waals surface area (Å²) in [7, 11) is 0. The third kappa shape index (κ3) is 4.74. The van der Waals surface area contributed by atoms with E-state index in [2.05, 4.69) is 11.4 Å². The SMILES string of the molecule is Cc1cc2c(cc1C)NC(c1cccc(Oc3cccc(C(F)(F)F)c3)c1)CC(=O)C2. The maximum atomic E-state index is 13.0. The topological polar surface area (TPSA) is 38.3 Å². The molecule has 4 rings (SSSR count). The number of ketones is 1. The van der Waals surface area contributed by atoms with Gasteiger partial charge < -0.3 is 10.1 Å². The van der Waals surface area contributed by atoms with E-state index in [0.29, 0.717) is 18.6 Å². The third-order valence-electron chi connectivity index (χ3n) is 5.53. The zero-order valence-corrected chi connectivity index (χ0v) is 17.2. The van der Waals surface area contributed by atoms with Crippen molar-refractivity contribution in [3.63, 3.8) is 0 Å². The highest BCUT2D eigenvalue weighted by Crippen LogP contribution is 2.35. The second kappa shape index (κ2) is 8.10. The number of ether oxygens (including phenoxy) is 1. The normalized spacial score (nSPS) is 16.3. The van der Waals surface area contributed by atoms with Crippen molar-refractivity contribution in [2.24, 2.45) is 0 Å². The number of carbonyl (C=O) groups is 1. The Morgan fingerprint density at radius 1 is 0.935 bits per heavy atom. The van der Waals surface area contributed by atoms with Gasteiger partial charge in [0.05, 0.1) is 11.6 Å². The van der Waals surface area contributed by atoms with Crippen LogP contribution >= 0.6 is 0 Å². The summed E-state index contributed by atoms with van der Waals surface area (Å²) in [5.41, 5.74) is 4.27. The molecule has 3 aromatic carbocycles. The quantitative estimate of drug-likeness (QED) is 0.502. The van der Waals surface area contributed by atoms with Gasteiger partial charge in [-0.3, -0.25) is 4.79 Å². The number of aryl methyl sites for hydroxylation is 2. The number of anilines is 1. The Morgan fingerprint density at radius 3 is 2.35 bits per heavy atom. The van der Waals surface area contributed by atoms with Crippen LogP contribution in [0.2, 0.25) is 0 Å². The molecule has 1 aliphatic heterocycles. The molecule has 0 spiro atoms. The van der Waals surface area contributed by atoms with Crippen molar-refractivity contribution in [3.05, 3.63) is 88.5 Å². The number of alkyl halides is 3. The van der Waals surface area contributed by atoms with Crippen molar-refractivity contribution in [1.29, 1.82) is 0 Å². The number of halogens is 3. The number of carbonyl (C=O) groups excluding carboxylic acids is 1. The molecule has 160 valence electrons. The minimum atomic E-state index is -4.43. The van der Waals surface area contributed by atoms with Gasteiger partial charge in [-0.2, -0.15) is 13.2 Å². The van der Waals surface area contributed by atoms with Crippen LogP contribution in [0.4, 0.5) is 18.9 Å². The lowest BCUT2D eigenvalue weighted by Gasteiger charge is -2.20. The molecule has 3 aromatic rings. The highest BCUT2D eigenvalue weighted by molar-refractivity contribution is 5.85. The Labute approximate surface area is 178 Å². The molecule has 1 heterocycles. The molecule has 1 unspecified atom stereocenters. The molecule has 3 nitrogen and oxygen atoms in total. The van der Waals surface area contributed by atoms with Crippen molar-refractivity contribution in [1.82, 2.24) is 0 Å². The Kier molecular flexibility index (Phi) is 5.48. The predicted octanol–water partition coefficient (Wildman–Crippen LogP) is 6.78. The molecule has 0 aliphatic carbocycles. The molecular formula is C25H22F3NO2. The van der Waals surface area contributed by atoms with E-state index in [1.807, 2.05) is 26.0 Å². The van der Waals surface area contributed by atoms with Crippen LogP contribution in [0.5, 0.6) is 11.5 Å². The highest BCUT2D eigenvalue weighted by atomic mass is 19.4. The lowest BCUT2D eigenvalue weighted by molar-refractivity contribution is -0.137. The van der Waals surface area contributed by atoms with Gasteiger partial charge in [0.25, 0.3) is 0 Å². The van der Waals surface area contributed by atoms with Crippen LogP contribution < -0.4 is 10.1 Å². The van der Waals surface area contributed by atoms with Crippen LogP contribution in [-0.2, 0) is 17.4 Å². The first-order valence-corrected chi connectivity index (χ1v) is 10.0. The Hall–Kier alpha value is -3.28. The molecule has 31 heavy (non-hydrogen) atoms. The van der Waals surface area contributed by atoms with Gasteiger partial charge in [0.1, 0.15) is 17.3 Å². The molecular weight excluding hydrogens is 403 g/mol. The predicted molar refractivity (Wildman–Crippen MR) is 114 cm³/mol. The summed E-state index contributed by atoms with van der Waals surface area (Å²) < 4.78 is 44.6. The van der Waals surface area contributed by atoms with Crippen molar-refractivity contribution < 1.29 is 22.7 Å². The van der Waals surface area contributed by atoms with Gasteiger partial charge in [0.2, 0.25) is 0 Å². The fourth-order valence-electron chi connectivity index (χ4n) is 3.78. The van der Waals surface area contributed by atoms with E-state index in [4.69, 9.17) is 4.74 Å². The van der Waals surface area contributed by atoms with Gasteiger partial charge in [-0.05, 0) is 72.5 Å². The maximum Gasteiger partial charge on any atom is 0.416 e. The molecule has 1 N–H and O–H groups in total. The van der Waals surface area contributed by atoms with E-state index in [9.17, 15) is 18.0 Å². The van der Waals surface area contributed by atoms with Gasteiger partial charge in [-0.1, -0.05) is 24.3 Å². The van der Waals surface area contributed by atoms with Crippen LogP contribution in [0.3, 0.4) is 0 Å². The largest absolute Gasteiger partial charge is 0.457 e. The summed E-state index contributed by atoms with van der Waals surface area (Å²) in [6, 6.07) is 15.7. The summed E-state index contributed by atoms with van der Waals surface area (Å²) in [6.07, 6.45) is -3.74. The number of Topliss-reactive ketones (excluding diaryl/α,β-unsaturated/α-hetero) is 1. The standard InChI is InChI=1S/C25H22F3NO2/c1-15-9-18-11-20(30)14-24(29-23(18)10-16(15)2)17-5-3-7-21(12-17)31-22-8-4-6-19(13-22)25(26,27)28/h3-10,12-13,24,29H,11,14H2,1-2H3. The second-order valence-corrected chi connectivity index (χ2v) is 7.91. The van der Waals surface area contributed by atoms with Crippen LogP contribution in [-0.4, -0.2) is 5.78 Å². The van der Waals surface area contributed by atoms with Gasteiger partial charge in [-0.15, -0.1) is 0 Å². The molecule has 0 amide bonds. The average molecular weight is 425 g/mol. The van der Waals surface area contributed by atoms with Crippen LogP contribution in [0.1, 0.15) is 40.3 Å². The number of benzene rings is 3. The fraction of sp³-hybridized carbons (Fsp3) is 0.240. The van der Waals surface area contributed by atoms with Gasteiger partial charge >= 0.3 is 6.18 Å². The molecule has 0 aromatic heterocycles. The van der Waals surface area contributed by atoms with Gasteiger partial charge in [0.15, 0.2) is 0 Å². The van der Waals surface area contributed by atoms with Crippen LogP contribution in [0.15, 0.2) is 60.7 Å². The Morgan fingerprint density at radius 2 is 1.61 bits per heavy atom. The molecule has 0 bridgehead atoms. The summed E-state index contributed by atoms with van der Waals surface area (Å²) in [5.74, 6) is 0.646. The Balaban J connectivity index is 1.60. The number of fused-ring (bicyclic) bond motifs is 1. The number of hydrogen-bond acceptors (Lipinski definition) is 3. The highest BCUT2D eigenvalue weighted by Gasteiger charge is 2.30. The lowest BCUT2D eigenvalue weighted by atomic mass is 9.99. The van der Waals surface area contributed by atoms with Crippen molar-refractivity contribution >= 4 is 11.5 Å². The molecule has 0 saturated heterocycles. The zero-order chi connectivity index (χ0) is 22.2. The summed E-state index contributed by atoms with van der Waals surface area (Å²) in [4.78, 5) is 12.6. The average Bonchev–Trinajstić information content (AvgIpc) is 2.86. The summed E-state index contributed by atoms with van der Waals surface area (Å²) in [5, 5.41) is 3.47. The first-order valence-electron chi connectivity index (χ1n) is 10.0. The fourth-order valence-corrected chi connectivity index (χ4v) is 3.78. The summed E-state index contributed by atoms with van der Waals surface area (Å²) >= 11 is 0. The molecule has 0 saturated carbocycles. The zero-order valence-electron chi connectivity index (χ0n) is 17.2. The first-order chi connectivity index (χ1) is 14.7. The van der Waals surface area contributed by atoms with Crippen molar-refractivity contribution in [3.8, 4) is 11.5 Å². The smallest absolute Gasteiger partial charge is 0.416 e. The van der Waals surface area contributed by atoms with Gasteiger partial charge in [-0.25, -0.2) is 0 Å². The lowest BCUT2D eigenvalue weighted by Crippen LogP contribution is -2.13. The number of nitrogens with one attached hydrogen (secondary N) is 1. The van der Waals surface area contributed by atoms with E-state index in [0.717, 1.165) is 40.1 Å². The van der Waals surface area contributed by atoms with Crippen LogP contribution in [0, 0.1) is 13.8 Å². The third-order valence-corrected chi connectivity index (χ3v) is 5.53. The number of rotatable bonds is 3. The van der Waals surface area contributed by atoms with E-state index < -0.39 is 11.7 Å². The molecule has 6 heteroatoms. The molecule has 1 atom stereocenters. The maximum absolute atomic E-state index is 13.0. The van der Waals surface area contributed by atoms with Crippen molar-refractivity contribution in [2.75, 3.05) is 5.32 Å². The number of hydrogen-bond donors (Lipinski definition) is 1. The van der Waals surface area contributed by atoms with E-state index >= 15 is 0 Å².